The molecule has 1 aromatic carbocycles. The molecule has 0 aliphatic rings. The highest BCUT2D eigenvalue weighted by molar-refractivity contribution is 8.00. The molecule has 0 saturated carbocycles. The Labute approximate surface area is 136 Å². The van der Waals surface area contributed by atoms with Gasteiger partial charge in [0.15, 0.2) is 4.34 Å². The van der Waals surface area contributed by atoms with Crippen LogP contribution in [0.5, 0.6) is 0 Å². The average Bonchev–Trinajstić information content (AvgIpc) is 3.21. The minimum atomic E-state index is 0.677. The molecule has 0 aliphatic carbocycles. The maximum absolute atomic E-state index is 5.37. The maximum atomic E-state index is 5.37. The molecule has 2 heterocycles. The lowest BCUT2D eigenvalue weighted by molar-refractivity contribution is 0.397. The molecule has 0 saturated heterocycles. The molecule has 0 bridgehead atoms. The van der Waals surface area contributed by atoms with Gasteiger partial charge in [-0.05, 0) is 0 Å². The van der Waals surface area contributed by atoms with Crippen LogP contribution in [0.25, 0.3) is 11.3 Å². The van der Waals surface area contributed by atoms with Gasteiger partial charge in [0, 0.05) is 18.2 Å². The number of aromatic nitrogens is 3. The third-order valence-electron chi connectivity index (χ3n) is 2.77. The summed E-state index contributed by atoms with van der Waals surface area (Å²) >= 11 is 3.10. The van der Waals surface area contributed by atoms with Crippen molar-refractivity contribution in [1.82, 2.24) is 15.4 Å². The third kappa shape index (κ3) is 3.75. The standard InChI is InChI=1S/C15H14N4OS2/c1-2-8-16-14-17-18-15(22-14)21-10-12-9-13(19-20-12)11-6-4-3-5-7-11/h2-7,9H,1,8,10H2,(H,16,17). The van der Waals surface area contributed by atoms with Gasteiger partial charge in [0.25, 0.3) is 0 Å². The molecular weight excluding hydrogens is 316 g/mol. The first-order chi connectivity index (χ1) is 10.8. The fraction of sp³-hybridized carbons (Fsp3) is 0.133. The van der Waals surface area contributed by atoms with Crippen LogP contribution >= 0.6 is 23.1 Å². The summed E-state index contributed by atoms with van der Waals surface area (Å²) in [4.78, 5) is 0. The fourth-order valence-corrected chi connectivity index (χ4v) is 3.39. The van der Waals surface area contributed by atoms with Crippen LogP contribution in [0.1, 0.15) is 5.76 Å². The lowest BCUT2D eigenvalue weighted by Gasteiger charge is -1.93. The average molecular weight is 330 g/mol. The molecule has 0 atom stereocenters. The zero-order chi connectivity index (χ0) is 15.2. The molecule has 0 amide bonds. The molecule has 7 heteroatoms. The van der Waals surface area contributed by atoms with Gasteiger partial charge < -0.3 is 9.84 Å². The van der Waals surface area contributed by atoms with Crippen LogP contribution in [0.15, 0.2) is 57.9 Å². The number of hydrogen-bond acceptors (Lipinski definition) is 7. The molecule has 2 aromatic heterocycles. The number of benzene rings is 1. The Bertz CT molecular complexity index is 739. The van der Waals surface area contributed by atoms with Gasteiger partial charge in [-0.2, -0.15) is 0 Å². The lowest BCUT2D eigenvalue weighted by atomic mass is 10.1. The zero-order valence-electron chi connectivity index (χ0n) is 11.7. The number of thioether (sulfide) groups is 1. The van der Waals surface area contributed by atoms with E-state index in [-0.39, 0.29) is 0 Å². The molecule has 22 heavy (non-hydrogen) atoms. The Morgan fingerprint density at radius 2 is 2.14 bits per heavy atom. The predicted molar refractivity (Wildman–Crippen MR) is 90.1 cm³/mol. The first-order valence-electron chi connectivity index (χ1n) is 6.67. The van der Waals surface area contributed by atoms with Crippen LogP contribution in [-0.2, 0) is 5.75 Å². The van der Waals surface area contributed by atoms with Crippen molar-refractivity contribution < 1.29 is 4.52 Å². The number of nitrogens with zero attached hydrogens (tertiary/aromatic N) is 3. The quantitative estimate of drug-likeness (QED) is 0.520. The highest BCUT2D eigenvalue weighted by Gasteiger charge is 2.09. The van der Waals surface area contributed by atoms with Gasteiger partial charge in [0.2, 0.25) is 5.13 Å². The molecule has 0 unspecified atom stereocenters. The number of nitrogens with one attached hydrogen (secondary N) is 1. The van der Waals surface area contributed by atoms with Crippen molar-refractivity contribution in [1.29, 1.82) is 0 Å². The van der Waals surface area contributed by atoms with Gasteiger partial charge >= 0.3 is 0 Å². The number of hydrogen-bond donors (Lipinski definition) is 1. The lowest BCUT2D eigenvalue weighted by Crippen LogP contribution is -1.96. The van der Waals surface area contributed by atoms with E-state index in [9.17, 15) is 0 Å². The van der Waals surface area contributed by atoms with Crippen molar-refractivity contribution in [3.8, 4) is 11.3 Å². The summed E-state index contributed by atoms with van der Waals surface area (Å²) in [5.74, 6) is 1.50. The van der Waals surface area contributed by atoms with E-state index in [2.05, 4.69) is 27.2 Å². The Kier molecular flexibility index (Phi) is 4.87. The predicted octanol–water partition coefficient (Wildman–Crippen LogP) is 4.08. The zero-order valence-corrected chi connectivity index (χ0v) is 13.4. The summed E-state index contributed by atoms with van der Waals surface area (Å²) in [5, 5.41) is 16.2. The van der Waals surface area contributed by atoms with E-state index in [0.717, 1.165) is 26.5 Å². The maximum Gasteiger partial charge on any atom is 0.206 e. The third-order valence-corrected chi connectivity index (χ3v) is 4.81. The Hall–Kier alpha value is -2.12. The van der Waals surface area contributed by atoms with Gasteiger partial charge in [-0.15, -0.1) is 16.8 Å². The normalized spacial score (nSPS) is 10.5. The fourth-order valence-electron chi connectivity index (χ4n) is 1.76. The highest BCUT2D eigenvalue weighted by Crippen LogP contribution is 2.29. The minimum Gasteiger partial charge on any atom is -0.360 e. The van der Waals surface area contributed by atoms with Crippen molar-refractivity contribution in [3.05, 3.63) is 54.8 Å². The molecular formula is C15H14N4OS2. The van der Waals surface area contributed by atoms with Crippen LogP contribution in [-0.4, -0.2) is 21.9 Å². The van der Waals surface area contributed by atoms with Crippen LogP contribution in [0, 0.1) is 0 Å². The van der Waals surface area contributed by atoms with E-state index < -0.39 is 0 Å². The Morgan fingerprint density at radius 3 is 2.95 bits per heavy atom. The van der Waals surface area contributed by atoms with E-state index in [1.807, 2.05) is 36.4 Å². The number of rotatable bonds is 7. The van der Waals surface area contributed by atoms with Gasteiger partial charge in [-0.1, -0.05) is 64.7 Å². The van der Waals surface area contributed by atoms with Crippen LogP contribution in [0.3, 0.4) is 0 Å². The van der Waals surface area contributed by atoms with Gasteiger partial charge in [0.05, 0.1) is 5.75 Å². The Morgan fingerprint density at radius 1 is 1.27 bits per heavy atom. The summed E-state index contributed by atoms with van der Waals surface area (Å²) in [7, 11) is 0. The van der Waals surface area contributed by atoms with Crippen molar-refractivity contribution in [3.63, 3.8) is 0 Å². The molecule has 3 rings (SSSR count). The molecule has 3 aromatic rings. The summed E-state index contributed by atoms with van der Waals surface area (Å²) in [6.45, 7) is 4.34. The molecule has 0 aliphatic heterocycles. The largest absolute Gasteiger partial charge is 0.360 e. The molecule has 0 radical (unpaired) electrons. The second-order valence-electron chi connectivity index (χ2n) is 4.38. The summed E-state index contributed by atoms with van der Waals surface area (Å²) in [6, 6.07) is 11.9. The summed E-state index contributed by atoms with van der Waals surface area (Å²) < 4.78 is 6.26. The molecule has 112 valence electrons. The first kappa shape index (κ1) is 14.8. The van der Waals surface area contributed by atoms with Crippen LogP contribution in [0.4, 0.5) is 5.13 Å². The second kappa shape index (κ2) is 7.24. The smallest absolute Gasteiger partial charge is 0.206 e. The van der Waals surface area contributed by atoms with E-state index in [4.69, 9.17) is 4.52 Å². The van der Waals surface area contributed by atoms with Crippen molar-refractivity contribution in [2.75, 3.05) is 11.9 Å². The van der Waals surface area contributed by atoms with Gasteiger partial charge in [-0.25, -0.2) is 0 Å². The molecule has 1 N–H and O–H groups in total. The van der Waals surface area contributed by atoms with E-state index in [1.54, 1.807) is 17.8 Å². The van der Waals surface area contributed by atoms with E-state index >= 15 is 0 Å². The Balaban J connectivity index is 1.59. The van der Waals surface area contributed by atoms with E-state index in [1.165, 1.54) is 11.3 Å². The monoisotopic (exact) mass is 330 g/mol. The van der Waals surface area contributed by atoms with Crippen molar-refractivity contribution in [2.45, 2.75) is 10.1 Å². The topological polar surface area (TPSA) is 63.8 Å². The molecule has 0 fully saturated rings. The van der Waals surface area contributed by atoms with E-state index in [0.29, 0.717) is 12.3 Å². The summed E-state index contributed by atoms with van der Waals surface area (Å²) in [5.41, 5.74) is 1.90. The van der Waals surface area contributed by atoms with Gasteiger partial charge in [-0.3, -0.25) is 0 Å². The van der Waals surface area contributed by atoms with Crippen LogP contribution in [0.2, 0.25) is 0 Å². The van der Waals surface area contributed by atoms with Gasteiger partial charge in [0.1, 0.15) is 11.5 Å². The molecule has 0 spiro atoms. The second-order valence-corrected chi connectivity index (χ2v) is 6.58. The van der Waals surface area contributed by atoms with Crippen molar-refractivity contribution >= 4 is 28.2 Å². The molecule has 5 nitrogen and oxygen atoms in total. The number of anilines is 1. The summed E-state index contributed by atoms with van der Waals surface area (Å²) in [6.07, 6.45) is 1.79. The van der Waals surface area contributed by atoms with Crippen LogP contribution < -0.4 is 5.32 Å². The highest BCUT2D eigenvalue weighted by atomic mass is 32.2. The first-order valence-corrected chi connectivity index (χ1v) is 8.47. The SMILES string of the molecule is C=CCNc1nnc(SCc2cc(-c3ccccc3)no2)s1. The minimum absolute atomic E-state index is 0.677. The van der Waals surface area contributed by atoms with Crippen molar-refractivity contribution in [2.24, 2.45) is 0 Å².